The summed E-state index contributed by atoms with van der Waals surface area (Å²) in [7, 11) is 0. The van der Waals surface area contributed by atoms with E-state index < -0.39 is 5.91 Å². The zero-order chi connectivity index (χ0) is 18.9. The molecule has 0 saturated heterocycles. The van der Waals surface area contributed by atoms with Gasteiger partial charge >= 0.3 is 0 Å². The molecule has 0 aliphatic carbocycles. The molecule has 0 aromatic heterocycles. The molecule has 2 N–H and O–H groups in total. The zero-order valence-corrected chi connectivity index (χ0v) is 14.7. The minimum Gasteiger partial charge on any atom is -0.484 e. The van der Waals surface area contributed by atoms with Crippen molar-refractivity contribution in [2.45, 2.75) is 19.9 Å². The van der Waals surface area contributed by atoms with E-state index in [1.165, 1.54) is 11.8 Å². The highest BCUT2D eigenvalue weighted by Crippen LogP contribution is 2.14. The van der Waals surface area contributed by atoms with Crippen molar-refractivity contribution >= 4 is 17.6 Å². The fourth-order valence-electron chi connectivity index (χ4n) is 2.38. The minimum absolute atomic E-state index is 0.0751. The van der Waals surface area contributed by atoms with E-state index in [4.69, 9.17) is 10.5 Å². The Balaban J connectivity index is 2.02. The van der Waals surface area contributed by atoms with E-state index in [1.54, 1.807) is 24.3 Å². The molecule has 0 bridgehead atoms. The highest BCUT2D eigenvalue weighted by molar-refractivity contribution is 5.94. The van der Waals surface area contributed by atoms with Crippen molar-refractivity contribution in [3.8, 4) is 5.75 Å². The number of Topliss-reactive ketones (excluding diaryl/α,β-unsaturated/α-hetero) is 1. The number of hydrogen-bond donors (Lipinski definition) is 1. The van der Waals surface area contributed by atoms with Gasteiger partial charge in [-0.2, -0.15) is 0 Å². The van der Waals surface area contributed by atoms with Crippen LogP contribution >= 0.6 is 0 Å². The van der Waals surface area contributed by atoms with Crippen LogP contribution < -0.4 is 10.5 Å². The first-order chi connectivity index (χ1) is 12.5. The molecule has 6 nitrogen and oxygen atoms in total. The molecular weight excluding hydrogens is 332 g/mol. The average molecular weight is 354 g/mol. The zero-order valence-electron chi connectivity index (χ0n) is 14.7. The number of primary amides is 1. The molecule has 2 amide bonds. The van der Waals surface area contributed by atoms with Gasteiger partial charge in [0, 0.05) is 25.1 Å². The van der Waals surface area contributed by atoms with E-state index in [0.717, 1.165) is 5.56 Å². The second-order valence-electron chi connectivity index (χ2n) is 5.89. The number of ketones is 1. The third-order valence-electron chi connectivity index (χ3n) is 3.80. The first-order valence-electron chi connectivity index (χ1n) is 8.29. The van der Waals surface area contributed by atoms with Crippen LogP contribution in [0.1, 0.15) is 29.3 Å². The van der Waals surface area contributed by atoms with Crippen molar-refractivity contribution in [1.29, 1.82) is 0 Å². The van der Waals surface area contributed by atoms with Gasteiger partial charge in [-0.3, -0.25) is 14.4 Å². The monoisotopic (exact) mass is 354 g/mol. The van der Waals surface area contributed by atoms with Crippen molar-refractivity contribution in [2.24, 2.45) is 5.73 Å². The van der Waals surface area contributed by atoms with E-state index in [2.05, 4.69) is 0 Å². The summed E-state index contributed by atoms with van der Waals surface area (Å²) < 4.78 is 5.52. The maximum Gasteiger partial charge on any atom is 0.260 e. The topological polar surface area (TPSA) is 89.7 Å². The quantitative estimate of drug-likeness (QED) is 0.699. The summed E-state index contributed by atoms with van der Waals surface area (Å²) in [6.45, 7) is 1.87. The Hall–Kier alpha value is -3.15. The number of carbonyl (C=O) groups is 3. The second-order valence-corrected chi connectivity index (χ2v) is 5.89. The molecule has 26 heavy (non-hydrogen) atoms. The second kappa shape index (κ2) is 9.36. The largest absolute Gasteiger partial charge is 0.484 e. The molecule has 6 heteroatoms. The Morgan fingerprint density at radius 2 is 1.77 bits per heavy atom. The van der Waals surface area contributed by atoms with Gasteiger partial charge in [-0.05, 0) is 24.6 Å². The van der Waals surface area contributed by atoms with Gasteiger partial charge in [0.05, 0.1) is 0 Å². The van der Waals surface area contributed by atoms with Crippen molar-refractivity contribution in [3.63, 3.8) is 0 Å². The van der Waals surface area contributed by atoms with Gasteiger partial charge < -0.3 is 15.4 Å². The third kappa shape index (κ3) is 6.05. The molecule has 0 aliphatic heterocycles. The molecule has 2 aromatic rings. The maximum absolute atomic E-state index is 12.5. The molecule has 0 unspecified atom stereocenters. The summed E-state index contributed by atoms with van der Waals surface area (Å²) in [6, 6.07) is 16.1. The summed E-state index contributed by atoms with van der Waals surface area (Å²) >= 11 is 0. The molecule has 0 atom stereocenters. The molecule has 0 spiro atoms. The van der Waals surface area contributed by atoms with Crippen molar-refractivity contribution in [2.75, 3.05) is 13.2 Å². The summed E-state index contributed by atoms with van der Waals surface area (Å²) in [5, 5.41) is 0. The molecule has 0 fully saturated rings. The Bertz CT molecular complexity index is 774. The number of ether oxygens (including phenoxy) is 1. The van der Waals surface area contributed by atoms with Crippen LogP contribution in [0.15, 0.2) is 54.6 Å². The summed E-state index contributed by atoms with van der Waals surface area (Å²) in [5.74, 6) is -0.358. The van der Waals surface area contributed by atoms with Crippen LogP contribution in [0, 0.1) is 0 Å². The predicted octanol–water partition coefficient (Wildman–Crippen LogP) is 2.17. The predicted molar refractivity (Wildman–Crippen MR) is 97.6 cm³/mol. The van der Waals surface area contributed by atoms with Gasteiger partial charge in [0.25, 0.3) is 5.91 Å². The average Bonchev–Trinajstić information content (AvgIpc) is 2.64. The normalized spacial score (nSPS) is 10.2. The van der Waals surface area contributed by atoms with Crippen LogP contribution in [-0.4, -0.2) is 35.6 Å². The molecule has 2 aromatic carbocycles. The van der Waals surface area contributed by atoms with Gasteiger partial charge in [0.2, 0.25) is 5.91 Å². The number of hydrogen-bond acceptors (Lipinski definition) is 4. The first kappa shape index (κ1) is 19.2. The molecule has 0 radical (unpaired) electrons. The fourth-order valence-corrected chi connectivity index (χ4v) is 2.38. The summed E-state index contributed by atoms with van der Waals surface area (Å²) in [5.41, 5.74) is 6.67. The van der Waals surface area contributed by atoms with Gasteiger partial charge in [-0.25, -0.2) is 0 Å². The van der Waals surface area contributed by atoms with Crippen LogP contribution in [0.5, 0.6) is 5.75 Å². The number of nitrogens with two attached hydrogens (primary N) is 1. The van der Waals surface area contributed by atoms with Gasteiger partial charge in [0.15, 0.2) is 12.4 Å². The van der Waals surface area contributed by atoms with E-state index in [-0.39, 0.29) is 31.3 Å². The molecule has 2 rings (SSSR count). The lowest BCUT2D eigenvalue weighted by Gasteiger charge is -2.22. The summed E-state index contributed by atoms with van der Waals surface area (Å²) in [6.07, 6.45) is 0.0817. The Morgan fingerprint density at radius 1 is 1.04 bits per heavy atom. The van der Waals surface area contributed by atoms with E-state index in [1.807, 2.05) is 30.3 Å². The fraction of sp³-hybridized carbons (Fsp3) is 0.250. The maximum atomic E-state index is 12.5. The van der Waals surface area contributed by atoms with Gasteiger partial charge in [-0.1, -0.05) is 42.5 Å². The minimum atomic E-state index is -0.467. The SMILES string of the molecule is CC(=O)c1cccc(OCC(=O)N(CCC(N)=O)Cc2ccccc2)c1. The standard InChI is InChI=1S/C20H22N2O4/c1-15(23)17-8-5-9-18(12-17)26-14-20(25)22(11-10-19(21)24)13-16-6-3-2-4-7-16/h2-9,12H,10-11,13-14H2,1H3,(H2,21,24). The lowest BCUT2D eigenvalue weighted by atomic mass is 10.1. The molecule has 136 valence electrons. The Labute approximate surface area is 152 Å². The molecule has 0 aliphatic rings. The van der Waals surface area contributed by atoms with Crippen LogP contribution in [0.3, 0.4) is 0 Å². The van der Waals surface area contributed by atoms with E-state index >= 15 is 0 Å². The lowest BCUT2D eigenvalue weighted by molar-refractivity contribution is -0.134. The smallest absolute Gasteiger partial charge is 0.260 e. The van der Waals surface area contributed by atoms with E-state index in [9.17, 15) is 14.4 Å². The van der Waals surface area contributed by atoms with Crippen LogP contribution in [-0.2, 0) is 16.1 Å². The number of amides is 2. The van der Waals surface area contributed by atoms with Crippen molar-refractivity contribution in [1.82, 2.24) is 4.90 Å². The highest BCUT2D eigenvalue weighted by Gasteiger charge is 2.16. The van der Waals surface area contributed by atoms with Gasteiger partial charge in [0.1, 0.15) is 5.75 Å². The number of benzene rings is 2. The van der Waals surface area contributed by atoms with Crippen molar-refractivity contribution in [3.05, 3.63) is 65.7 Å². The number of carbonyl (C=O) groups excluding carboxylic acids is 3. The molecule has 0 saturated carbocycles. The van der Waals surface area contributed by atoms with Gasteiger partial charge in [-0.15, -0.1) is 0 Å². The molecule has 0 heterocycles. The third-order valence-corrected chi connectivity index (χ3v) is 3.80. The number of rotatable bonds is 9. The first-order valence-corrected chi connectivity index (χ1v) is 8.29. The van der Waals surface area contributed by atoms with Crippen LogP contribution in [0.4, 0.5) is 0 Å². The van der Waals surface area contributed by atoms with E-state index in [0.29, 0.717) is 17.9 Å². The Morgan fingerprint density at radius 3 is 2.42 bits per heavy atom. The van der Waals surface area contributed by atoms with Crippen LogP contribution in [0.2, 0.25) is 0 Å². The van der Waals surface area contributed by atoms with Crippen molar-refractivity contribution < 1.29 is 19.1 Å². The highest BCUT2D eigenvalue weighted by atomic mass is 16.5. The molecular formula is C20H22N2O4. The lowest BCUT2D eigenvalue weighted by Crippen LogP contribution is -2.36. The van der Waals surface area contributed by atoms with Crippen LogP contribution in [0.25, 0.3) is 0 Å². The Kier molecular flexibility index (Phi) is 6.91. The summed E-state index contributed by atoms with van der Waals surface area (Å²) in [4.78, 5) is 36.6. The number of nitrogens with zero attached hydrogens (tertiary/aromatic N) is 1.